The molecule has 72 heavy (non-hydrogen) atoms. The summed E-state index contributed by atoms with van der Waals surface area (Å²) >= 11 is 0. The Labute approximate surface area is 473 Å². The van der Waals surface area contributed by atoms with Crippen LogP contribution in [0.3, 0.4) is 0 Å². The van der Waals surface area contributed by atoms with E-state index in [1.807, 2.05) is 41.5 Å². The maximum atomic E-state index is 12.6. The van der Waals surface area contributed by atoms with Crippen LogP contribution in [0.15, 0.2) is 77.2 Å². The molecule has 5 rings (SSSR count). The molecule has 22 heteroatoms. The molecule has 1 aliphatic rings. The van der Waals surface area contributed by atoms with Gasteiger partial charge in [0.15, 0.2) is 0 Å². The fourth-order valence-corrected chi connectivity index (χ4v) is 6.74. The standard InChI is InChI=1S/2C13H18N2O3S.C12H16N2O.C7H5FN2.C5H12O.2Na.H2O.H/c1-13(2,3)8-18-10-6-4-5-9-7-19(16,17)15-12(14)11(9)10;1-13(2,3)9-18-11-7-5-6-10(12(11)15-4)8-19(14,16)17;1-12(2,3)8-15-10-7-5-6-9(13)11(10)14-4;1-10-7-5(8)3-2-4-6(7)9;1-5(2,3)4-6;;;;/h4-6H,7-8H2,1-3H3,(H2,14,15);5-7H,8-9H2,1-3H3,(H2,14,16,17);5-7H,8,13H2,1-3H3;2-4H,9H2;6H,4H2,1-3H3;;;1H2;/q;;;;;2*+1;;-1/p-1. The molecule has 0 radical (unpaired) electrons. The Hall–Kier alpha value is -4.47. The average Bonchev–Trinajstić information content (AvgIpc) is 3.20. The van der Waals surface area contributed by atoms with E-state index in [1.165, 1.54) is 18.2 Å². The van der Waals surface area contributed by atoms with Gasteiger partial charge >= 0.3 is 59.1 Å². The second-order valence-electron chi connectivity index (χ2n) is 20.5. The number of nitrogens with zero attached hydrogens (tertiary/aromatic N) is 4. The Morgan fingerprint density at radius 1 is 0.653 bits per heavy atom. The smallest absolute Gasteiger partial charge is 1.00 e. The monoisotopic (exact) mass is 1060 g/mol. The third-order valence-electron chi connectivity index (χ3n) is 8.22. The molecule has 10 N–H and O–H groups in total. The molecule has 0 fully saturated rings. The number of primary sulfonamides is 1. The van der Waals surface area contributed by atoms with Crippen LogP contribution in [0, 0.1) is 47.2 Å². The minimum Gasteiger partial charge on any atom is -1.00 e. The number of ether oxygens (including phenoxy) is 3. The molecule has 0 aromatic heterocycles. The molecule has 4 aromatic rings. The van der Waals surface area contributed by atoms with E-state index in [9.17, 15) is 21.2 Å². The van der Waals surface area contributed by atoms with Gasteiger partial charge in [0.1, 0.15) is 28.9 Å². The van der Waals surface area contributed by atoms with Crippen LogP contribution in [0.5, 0.6) is 17.2 Å². The average molecular weight is 1060 g/mol. The topological polar surface area (TPSA) is 276 Å². The molecular weight excluding hydrogens is 986 g/mol. The van der Waals surface area contributed by atoms with E-state index in [1.54, 1.807) is 54.6 Å². The van der Waals surface area contributed by atoms with Crippen LogP contribution in [-0.2, 0) is 31.6 Å². The normalized spacial score (nSPS) is 12.2. The van der Waals surface area contributed by atoms with Gasteiger partial charge in [0.2, 0.25) is 27.1 Å². The Morgan fingerprint density at radius 3 is 1.42 bits per heavy atom. The quantitative estimate of drug-likeness (QED) is 0.0940. The number of fused-ring (bicyclic) bond motifs is 1. The van der Waals surface area contributed by atoms with Crippen LogP contribution in [0.1, 0.15) is 101 Å². The van der Waals surface area contributed by atoms with Gasteiger partial charge < -0.3 is 43.4 Å². The first-order chi connectivity index (χ1) is 31.6. The number of amidine groups is 1. The zero-order valence-electron chi connectivity index (χ0n) is 45.2. The van der Waals surface area contributed by atoms with Crippen molar-refractivity contribution in [3.05, 3.63) is 130 Å². The van der Waals surface area contributed by atoms with Gasteiger partial charge in [-0.05, 0) is 63.1 Å². The Bertz CT molecular complexity index is 2740. The van der Waals surface area contributed by atoms with Crippen LogP contribution in [-0.4, -0.2) is 59.7 Å². The summed E-state index contributed by atoms with van der Waals surface area (Å²) in [7, 11) is -7.17. The number of nitrogen functional groups attached to an aromatic ring is 2. The fraction of sp³-hybridized carbons (Fsp3) is 0.440. The van der Waals surface area contributed by atoms with Crippen LogP contribution < -0.4 is 95.7 Å². The number of halogens is 1. The summed E-state index contributed by atoms with van der Waals surface area (Å²) in [5.74, 6) is 0.503. The summed E-state index contributed by atoms with van der Waals surface area (Å²) in [6.07, 6.45) is 0. The maximum Gasteiger partial charge on any atom is 1.00 e. The predicted octanol–water partition coefficient (Wildman–Crippen LogP) is 4.28. The van der Waals surface area contributed by atoms with Crippen molar-refractivity contribution in [3.8, 4) is 17.2 Å². The minimum atomic E-state index is -3.67. The Morgan fingerprint density at radius 2 is 1.03 bits per heavy atom. The first-order valence-corrected chi connectivity index (χ1v) is 24.7. The van der Waals surface area contributed by atoms with Crippen molar-refractivity contribution in [2.24, 2.45) is 36.9 Å². The van der Waals surface area contributed by atoms with Gasteiger partial charge in [-0.2, -0.15) is 0 Å². The molecule has 0 saturated carbocycles. The van der Waals surface area contributed by atoms with Crippen molar-refractivity contribution in [1.29, 1.82) is 0 Å². The molecule has 0 amide bonds. The van der Waals surface area contributed by atoms with Gasteiger partial charge in [-0.3, -0.25) is 0 Å². The number of para-hydroxylation sites is 3. The molecule has 1 heterocycles. The maximum absolute atomic E-state index is 12.6. The van der Waals surface area contributed by atoms with E-state index >= 15 is 0 Å². The third-order valence-corrected chi connectivity index (χ3v) is 10.1. The summed E-state index contributed by atoms with van der Waals surface area (Å²) in [5.41, 5.74) is 19.6. The molecule has 0 saturated heterocycles. The molecular formula is C50H71FN8Na2O9S2. The number of anilines is 2. The van der Waals surface area contributed by atoms with Crippen molar-refractivity contribution in [3.63, 3.8) is 0 Å². The second-order valence-corrected chi connectivity index (χ2v) is 23.8. The third kappa shape index (κ3) is 28.7. The van der Waals surface area contributed by atoms with Gasteiger partial charge in [-0.25, -0.2) is 40.9 Å². The zero-order valence-corrected chi connectivity index (χ0v) is 49.8. The number of aliphatic hydroxyl groups excluding tert-OH is 1. The van der Waals surface area contributed by atoms with E-state index < -0.39 is 25.9 Å². The van der Waals surface area contributed by atoms with Crippen LogP contribution in [0.4, 0.5) is 32.8 Å². The van der Waals surface area contributed by atoms with Gasteiger partial charge in [0.25, 0.3) is 10.0 Å². The van der Waals surface area contributed by atoms with Gasteiger partial charge in [-0.1, -0.05) is 126 Å². The van der Waals surface area contributed by atoms with E-state index in [0.29, 0.717) is 65.1 Å². The Kier molecular flexibility index (Phi) is 31.2. The van der Waals surface area contributed by atoms with Crippen molar-refractivity contribution in [1.82, 2.24) is 0 Å². The summed E-state index contributed by atoms with van der Waals surface area (Å²) < 4.78 is 78.4. The minimum absolute atomic E-state index is 0. The number of benzene rings is 4. The number of aliphatic hydroxyl groups is 1. The second kappa shape index (κ2) is 31.3. The summed E-state index contributed by atoms with van der Waals surface area (Å²) in [6, 6.07) is 19.6. The molecule has 0 bridgehead atoms. The van der Waals surface area contributed by atoms with E-state index in [4.69, 9.17) is 61.4 Å². The van der Waals surface area contributed by atoms with Crippen molar-refractivity contribution in [2.75, 3.05) is 37.9 Å². The first-order valence-electron chi connectivity index (χ1n) is 21.4. The molecule has 0 spiro atoms. The zero-order chi connectivity index (χ0) is 53.2. The number of hydrogen-bond donors (Lipinski definition) is 5. The molecule has 0 aliphatic carbocycles. The SMILES string of the molecule is CC(C)(C)CO.CC(C)(C)COc1cccc2c1C(N)=NS(=O)(=O)C2.[C-]#[N+]c1c(CS(N)(=O)=O)cccc1OCC(C)(C)C.[C-]#[N+]c1c(N)cccc1F.[C-]#[N+]c1c(N)cccc1OCC(C)(C)C.[H-].[Na+].[Na+].[OH-]. The van der Waals surface area contributed by atoms with E-state index in [-0.39, 0.29) is 129 Å². The van der Waals surface area contributed by atoms with Crippen LogP contribution in [0.2, 0.25) is 0 Å². The number of rotatable bonds is 8. The molecule has 1 aliphatic heterocycles. The first kappa shape index (κ1) is 71.8. The number of nitrogens with two attached hydrogens (primary N) is 4. The van der Waals surface area contributed by atoms with Crippen molar-refractivity contribution >= 4 is 54.3 Å². The number of hydrogen-bond acceptors (Lipinski definition) is 12. The molecule has 0 unspecified atom stereocenters. The van der Waals surface area contributed by atoms with Gasteiger partial charge in [0.05, 0.1) is 56.6 Å². The Balaban J connectivity index is -0.000000419. The summed E-state index contributed by atoms with van der Waals surface area (Å²) in [4.78, 5) is 9.65. The molecule has 4 aromatic carbocycles. The van der Waals surface area contributed by atoms with Crippen LogP contribution >= 0.6 is 0 Å². The molecule has 386 valence electrons. The van der Waals surface area contributed by atoms with Crippen LogP contribution in [0.25, 0.3) is 14.5 Å². The van der Waals surface area contributed by atoms with Crippen molar-refractivity contribution in [2.45, 2.75) is 94.6 Å². The van der Waals surface area contributed by atoms with E-state index in [0.717, 1.165) is 0 Å². The molecule has 0 atom stereocenters. The fourth-order valence-electron chi connectivity index (χ4n) is 4.98. The summed E-state index contributed by atoms with van der Waals surface area (Å²) in [6.45, 7) is 47.0. The molecule has 17 nitrogen and oxygen atoms in total. The van der Waals surface area contributed by atoms with E-state index in [2.05, 4.69) is 60.5 Å². The largest absolute Gasteiger partial charge is 1.00 e. The van der Waals surface area contributed by atoms with Gasteiger partial charge in [-0.15, -0.1) is 4.40 Å². The predicted molar refractivity (Wildman–Crippen MR) is 278 cm³/mol. The summed E-state index contributed by atoms with van der Waals surface area (Å²) in [5, 5.41) is 13.4. The van der Waals surface area contributed by atoms with Gasteiger partial charge in [0, 0.05) is 18.0 Å². The number of sulfonamides is 2. The van der Waals surface area contributed by atoms with Crippen molar-refractivity contribution < 1.29 is 107 Å².